The van der Waals surface area contributed by atoms with E-state index in [0.717, 1.165) is 16.5 Å². The highest BCUT2D eigenvalue weighted by atomic mass is 16.1. The van der Waals surface area contributed by atoms with Gasteiger partial charge in [0.25, 0.3) is 0 Å². The second kappa shape index (κ2) is 4.45. The molecule has 1 aromatic carbocycles. The Morgan fingerprint density at radius 1 is 1.41 bits per heavy atom. The van der Waals surface area contributed by atoms with Gasteiger partial charge in [0, 0.05) is 11.5 Å². The number of primary amides is 1. The molecule has 82 valence electrons. The molecule has 0 aliphatic heterocycles. The first-order chi connectivity index (χ1) is 8.20. The topological polar surface area (TPSA) is 79.8 Å². The Morgan fingerprint density at radius 3 is 2.88 bits per heavy atom. The summed E-state index contributed by atoms with van der Waals surface area (Å²) in [5.74, 6) is -0.524. The van der Waals surface area contributed by atoms with Gasteiger partial charge in [0.15, 0.2) is 0 Å². The molecule has 0 atom stereocenters. The quantitative estimate of drug-likeness (QED) is 0.785. The fourth-order valence-electron chi connectivity index (χ4n) is 1.57. The number of rotatable bonds is 2. The molecule has 0 fully saturated rings. The summed E-state index contributed by atoms with van der Waals surface area (Å²) >= 11 is 0. The summed E-state index contributed by atoms with van der Waals surface area (Å²) < 4.78 is 0. The Labute approximate surface area is 98.0 Å². The Bertz CT molecular complexity index is 653. The second-order valence-electron chi connectivity index (χ2n) is 3.46. The number of hydrogen-bond acceptors (Lipinski definition) is 3. The molecule has 0 spiro atoms. The molecule has 1 amide bonds. The van der Waals surface area contributed by atoms with Crippen LogP contribution in [0.15, 0.2) is 36.4 Å². The number of nitrogens with two attached hydrogens (primary N) is 1. The van der Waals surface area contributed by atoms with Crippen molar-refractivity contribution in [3.8, 4) is 6.07 Å². The van der Waals surface area contributed by atoms with Gasteiger partial charge in [-0.2, -0.15) is 5.26 Å². The smallest absolute Gasteiger partial charge is 0.241 e. The maximum absolute atomic E-state index is 10.7. The van der Waals surface area contributed by atoms with Gasteiger partial charge in [-0.15, -0.1) is 0 Å². The zero-order chi connectivity index (χ0) is 12.3. The van der Waals surface area contributed by atoms with Crippen LogP contribution in [-0.2, 0) is 4.79 Å². The normalized spacial score (nSPS) is 10.5. The number of pyridine rings is 1. The fourth-order valence-corrected chi connectivity index (χ4v) is 1.57. The van der Waals surface area contributed by atoms with E-state index in [-0.39, 0.29) is 0 Å². The number of amides is 1. The zero-order valence-corrected chi connectivity index (χ0v) is 8.92. The number of nitriles is 1. The first-order valence-electron chi connectivity index (χ1n) is 4.98. The van der Waals surface area contributed by atoms with E-state index in [1.807, 2.05) is 30.3 Å². The number of carbonyl (C=O) groups is 1. The lowest BCUT2D eigenvalue weighted by Crippen LogP contribution is -2.05. The summed E-state index contributed by atoms with van der Waals surface area (Å²) in [6.07, 6.45) is 2.86. The highest BCUT2D eigenvalue weighted by Crippen LogP contribution is 2.19. The van der Waals surface area contributed by atoms with E-state index in [2.05, 4.69) is 4.98 Å². The molecule has 2 N–H and O–H groups in total. The lowest BCUT2D eigenvalue weighted by atomic mass is 10.1. The maximum Gasteiger partial charge on any atom is 0.241 e. The number of para-hydroxylation sites is 1. The SMILES string of the molecule is N#Cc1cc(/C=C/C(N)=O)c2ccccc2n1. The minimum atomic E-state index is -0.524. The molecule has 0 bridgehead atoms. The average molecular weight is 223 g/mol. The third-order valence-corrected chi connectivity index (χ3v) is 2.29. The Balaban J connectivity index is 2.67. The summed E-state index contributed by atoms with van der Waals surface area (Å²) in [6, 6.07) is 11.0. The van der Waals surface area contributed by atoms with Crippen LogP contribution in [-0.4, -0.2) is 10.9 Å². The number of carbonyl (C=O) groups excluding carboxylic acids is 1. The van der Waals surface area contributed by atoms with Crippen LogP contribution in [0.3, 0.4) is 0 Å². The first kappa shape index (κ1) is 10.8. The summed E-state index contributed by atoms with van der Waals surface area (Å²) in [6.45, 7) is 0. The largest absolute Gasteiger partial charge is 0.366 e. The third-order valence-electron chi connectivity index (χ3n) is 2.29. The van der Waals surface area contributed by atoms with Crippen LogP contribution in [0.2, 0.25) is 0 Å². The van der Waals surface area contributed by atoms with Gasteiger partial charge in [-0.05, 0) is 23.8 Å². The summed E-state index contributed by atoms with van der Waals surface area (Å²) in [7, 11) is 0. The Kier molecular flexibility index (Phi) is 2.84. The molecular weight excluding hydrogens is 214 g/mol. The van der Waals surface area contributed by atoms with E-state index in [1.165, 1.54) is 6.08 Å². The predicted molar refractivity (Wildman–Crippen MR) is 64.7 cm³/mol. The van der Waals surface area contributed by atoms with E-state index >= 15 is 0 Å². The van der Waals surface area contributed by atoms with Crippen molar-refractivity contribution in [1.29, 1.82) is 5.26 Å². The van der Waals surface area contributed by atoms with Crippen LogP contribution in [0.4, 0.5) is 0 Å². The van der Waals surface area contributed by atoms with Crippen LogP contribution in [0.25, 0.3) is 17.0 Å². The standard InChI is InChI=1S/C13H9N3O/c14-8-10-7-9(5-6-13(15)17)11-3-1-2-4-12(11)16-10/h1-7H,(H2,15,17)/b6-5+. The fraction of sp³-hybridized carbons (Fsp3) is 0. The van der Waals surface area contributed by atoms with Gasteiger partial charge in [0.05, 0.1) is 5.52 Å². The second-order valence-corrected chi connectivity index (χ2v) is 3.46. The molecule has 1 heterocycles. The van der Waals surface area contributed by atoms with E-state index < -0.39 is 5.91 Å². The highest BCUT2D eigenvalue weighted by Gasteiger charge is 2.02. The third kappa shape index (κ3) is 2.29. The van der Waals surface area contributed by atoms with Crippen LogP contribution in [0.5, 0.6) is 0 Å². The number of hydrogen-bond donors (Lipinski definition) is 1. The van der Waals surface area contributed by atoms with Gasteiger partial charge in [-0.3, -0.25) is 4.79 Å². The molecule has 1 aromatic heterocycles. The van der Waals surface area contributed by atoms with E-state index in [1.54, 1.807) is 12.1 Å². The number of nitrogens with zero attached hydrogens (tertiary/aromatic N) is 2. The molecule has 17 heavy (non-hydrogen) atoms. The van der Waals surface area contributed by atoms with Crippen molar-refractivity contribution in [2.24, 2.45) is 5.73 Å². The first-order valence-corrected chi connectivity index (χ1v) is 4.98. The molecule has 2 rings (SSSR count). The summed E-state index contributed by atoms with van der Waals surface area (Å²) in [5.41, 5.74) is 6.84. The molecule has 0 radical (unpaired) electrons. The van der Waals surface area contributed by atoms with Crippen molar-refractivity contribution in [3.63, 3.8) is 0 Å². The van der Waals surface area contributed by atoms with Crippen molar-refractivity contribution in [2.75, 3.05) is 0 Å². The molecule has 0 unspecified atom stereocenters. The number of fused-ring (bicyclic) bond motifs is 1. The van der Waals surface area contributed by atoms with E-state index in [4.69, 9.17) is 11.0 Å². The monoisotopic (exact) mass is 223 g/mol. The van der Waals surface area contributed by atoms with Crippen molar-refractivity contribution in [3.05, 3.63) is 47.7 Å². The molecule has 0 saturated heterocycles. The van der Waals surface area contributed by atoms with Crippen molar-refractivity contribution >= 4 is 22.9 Å². The van der Waals surface area contributed by atoms with Gasteiger partial charge in [0.1, 0.15) is 11.8 Å². The molecule has 0 aliphatic rings. The summed E-state index contributed by atoms with van der Waals surface area (Å²) in [5, 5.41) is 9.75. The molecule has 4 nitrogen and oxygen atoms in total. The van der Waals surface area contributed by atoms with Crippen LogP contribution in [0, 0.1) is 11.3 Å². The molecule has 2 aromatic rings. The van der Waals surface area contributed by atoms with Crippen LogP contribution >= 0.6 is 0 Å². The molecule has 0 saturated carbocycles. The molecular formula is C13H9N3O. The van der Waals surface area contributed by atoms with Gasteiger partial charge in [-0.1, -0.05) is 18.2 Å². The minimum absolute atomic E-state index is 0.313. The van der Waals surface area contributed by atoms with Gasteiger partial charge in [0.2, 0.25) is 5.91 Å². The van der Waals surface area contributed by atoms with Crippen LogP contribution < -0.4 is 5.73 Å². The van der Waals surface area contributed by atoms with Gasteiger partial charge >= 0.3 is 0 Å². The maximum atomic E-state index is 10.7. The van der Waals surface area contributed by atoms with Crippen molar-refractivity contribution < 1.29 is 4.79 Å². The van der Waals surface area contributed by atoms with E-state index in [9.17, 15) is 4.79 Å². The van der Waals surface area contributed by atoms with E-state index in [0.29, 0.717) is 5.69 Å². The Hall–Kier alpha value is -2.67. The minimum Gasteiger partial charge on any atom is -0.366 e. The number of benzene rings is 1. The molecule has 0 aliphatic carbocycles. The lowest BCUT2D eigenvalue weighted by Gasteiger charge is -2.02. The van der Waals surface area contributed by atoms with Gasteiger partial charge < -0.3 is 5.73 Å². The lowest BCUT2D eigenvalue weighted by molar-refractivity contribution is -0.113. The predicted octanol–water partition coefficient (Wildman–Crippen LogP) is 1.60. The summed E-state index contributed by atoms with van der Waals surface area (Å²) in [4.78, 5) is 14.9. The number of aromatic nitrogens is 1. The van der Waals surface area contributed by atoms with Crippen LogP contribution in [0.1, 0.15) is 11.3 Å². The average Bonchev–Trinajstić information content (AvgIpc) is 2.35. The van der Waals surface area contributed by atoms with Gasteiger partial charge in [-0.25, -0.2) is 4.98 Å². The zero-order valence-electron chi connectivity index (χ0n) is 8.92. The van der Waals surface area contributed by atoms with Crippen molar-refractivity contribution in [2.45, 2.75) is 0 Å². The van der Waals surface area contributed by atoms with Crippen molar-refractivity contribution in [1.82, 2.24) is 4.98 Å². The highest BCUT2D eigenvalue weighted by molar-refractivity contribution is 5.95. The Morgan fingerprint density at radius 2 is 2.18 bits per heavy atom. The molecule has 4 heteroatoms.